The highest BCUT2D eigenvalue weighted by Gasteiger charge is 2.17. The molecule has 2 aromatic heterocycles. The van der Waals surface area contributed by atoms with Gasteiger partial charge in [-0.25, -0.2) is 15.0 Å². The summed E-state index contributed by atoms with van der Waals surface area (Å²) in [7, 11) is -4.34. The molecular formula is C8H16N6O6P+. The molecular weight excluding hydrogens is 307 g/mol. The van der Waals surface area contributed by atoms with E-state index in [9.17, 15) is 9.67 Å². The Kier molecular flexibility index (Phi) is 5.54. The van der Waals surface area contributed by atoms with Crippen LogP contribution in [-0.4, -0.2) is 53.8 Å². The predicted molar refractivity (Wildman–Crippen MR) is 71.2 cm³/mol. The van der Waals surface area contributed by atoms with Crippen molar-refractivity contribution in [2.75, 3.05) is 18.7 Å². The van der Waals surface area contributed by atoms with Gasteiger partial charge in [0.1, 0.15) is 12.7 Å². The summed E-state index contributed by atoms with van der Waals surface area (Å²) < 4.78 is 16.2. The van der Waals surface area contributed by atoms with Crippen LogP contribution < -0.4 is 16.7 Å². The van der Waals surface area contributed by atoms with Gasteiger partial charge < -0.3 is 36.4 Å². The molecule has 21 heavy (non-hydrogen) atoms. The van der Waals surface area contributed by atoms with Crippen LogP contribution in [-0.2, 0) is 9.30 Å². The van der Waals surface area contributed by atoms with Crippen LogP contribution in [0.4, 0.5) is 5.82 Å². The number of nitrogen functional groups attached to an aromatic ring is 1. The number of fused-ring (bicyclic) bond motifs is 1. The molecule has 1 atom stereocenters. The van der Waals surface area contributed by atoms with E-state index in [4.69, 9.17) is 20.4 Å². The minimum absolute atomic E-state index is 0. The van der Waals surface area contributed by atoms with Crippen molar-refractivity contribution >= 4 is 24.6 Å². The van der Waals surface area contributed by atoms with Crippen molar-refractivity contribution in [3.63, 3.8) is 0 Å². The molecule has 9 N–H and O–H groups in total. The topological polar surface area (TPSA) is 202 Å². The summed E-state index contributed by atoms with van der Waals surface area (Å²) >= 11 is 0. The maximum absolute atomic E-state index is 10.6. The first-order valence-electron chi connectivity index (χ1n) is 5.28. The Bertz CT molecular complexity index is 643. The summed E-state index contributed by atoms with van der Waals surface area (Å²) in [5.41, 5.74) is 6.20. The van der Waals surface area contributed by atoms with Crippen LogP contribution in [0, 0.1) is 0 Å². The summed E-state index contributed by atoms with van der Waals surface area (Å²) in [6.45, 7) is -0.380. The van der Waals surface area contributed by atoms with Gasteiger partial charge in [0, 0.05) is 0 Å². The number of aromatic nitrogens is 4. The van der Waals surface area contributed by atoms with Crippen molar-refractivity contribution < 1.29 is 29.0 Å². The molecule has 2 rings (SSSR count). The van der Waals surface area contributed by atoms with Gasteiger partial charge in [-0.2, -0.15) is 4.73 Å². The minimum Gasteiger partial charge on any atom is -0.405 e. The molecule has 0 aromatic carbocycles. The molecule has 0 spiro atoms. The van der Waals surface area contributed by atoms with E-state index in [0.29, 0.717) is 11.2 Å². The van der Waals surface area contributed by atoms with E-state index in [2.05, 4.69) is 19.7 Å². The van der Waals surface area contributed by atoms with Gasteiger partial charge in [0.25, 0.3) is 0 Å². The van der Waals surface area contributed by atoms with E-state index >= 15 is 0 Å². The lowest BCUT2D eigenvalue weighted by Gasteiger charge is -2.13. The SMILES string of the molecule is Nc1ncnc2c1ncn2OCC(O)OCP(=O)(O)O.[NH4+]. The number of imidazole rings is 1. The van der Waals surface area contributed by atoms with E-state index < -0.39 is 20.2 Å². The molecule has 0 saturated heterocycles. The molecule has 0 aliphatic rings. The van der Waals surface area contributed by atoms with Crippen molar-refractivity contribution in [2.45, 2.75) is 6.29 Å². The van der Waals surface area contributed by atoms with Crippen LogP contribution in [0.1, 0.15) is 0 Å². The van der Waals surface area contributed by atoms with Crippen LogP contribution >= 0.6 is 7.60 Å². The number of rotatable bonds is 6. The molecule has 2 heterocycles. The zero-order valence-electron chi connectivity index (χ0n) is 11.0. The molecule has 1 unspecified atom stereocenters. The number of aliphatic hydroxyl groups excluding tert-OH is 1. The second-order valence-corrected chi connectivity index (χ2v) is 5.30. The molecule has 0 amide bonds. The number of ether oxygens (including phenoxy) is 1. The van der Waals surface area contributed by atoms with E-state index in [1.807, 2.05) is 0 Å². The third-order valence-corrected chi connectivity index (χ3v) is 2.61. The fourth-order valence-electron chi connectivity index (χ4n) is 1.30. The molecule has 12 nitrogen and oxygen atoms in total. The van der Waals surface area contributed by atoms with E-state index in [1.54, 1.807) is 0 Å². The summed E-state index contributed by atoms with van der Waals surface area (Å²) in [6.07, 6.45) is 0.0714. The molecule has 13 heteroatoms. The molecule has 0 saturated carbocycles. The lowest BCUT2D eigenvalue weighted by atomic mass is 10.5. The third kappa shape index (κ3) is 4.60. The van der Waals surface area contributed by atoms with Gasteiger partial charge in [0.2, 0.25) is 5.65 Å². The molecule has 0 fully saturated rings. The minimum atomic E-state index is -4.34. The first-order valence-corrected chi connectivity index (χ1v) is 7.07. The number of hydrogen-bond acceptors (Lipinski definition) is 8. The summed E-state index contributed by atoms with van der Waals surface area (Å²) in [4.78, 5) is 33.9. The van der Waals surface area contributed by atoms with E-state index in [0.717, 1.165) is 4.73 Å². The zero-order chi connectivity index (χ0) is 14.8. The Morgan fingerprint density at radius 3 is 2.76 bits per heavy atom. The van der Waals surface area contributed by atoms with Crippen molar-refractivity contribution in [3.05, 3.63) is 12.7 Å². The maximum Gasteiger partial charge on any atom is 0.351 e. The van der Waals surface area contributed by atoms with Gasteiger partial charge >= 0.3 is 7.60 Å². The number of aliphatic hydroxyl groups is 1. The van der Waals surface area contributed by atoms with Crippen LogP contribution in [0.5, 0.6) is 0 Å². The number of nitrogens with zero attached hydrogens (tertiary/aromatic N) is 4. The summed E-state index contributed by atoms with van der Waals surface area (Å²) in [5.74, 6) is 0.177. The van der Waals surface area contributed by atoms with Crippen LogP contribution in [0.3, 0.4) is 0 Å². The maximum atomic E-state index is 10.6. The van der Waals surface area contributed by atoms with Crippen molar-refractivity contribution in [1.29, 1.82) is 0 Å². The Morgan fingerprint density at radius 2 is 2.10 bits per heavy atom. The molecule has 2 aromatic rings. The smallest absolute Gasteiger partial charge is 0.351 e. The lowest BCUT2D eigenvalue weighted by molar-refractivity contribution is -0.127. The molecule has 0 aliphatic carbocycles. The predicted octanol–water partition coefficient (Wildman–Crippen LogP) is -1.32. The average Bonchev–Trinajstić information content (AvgIpc) is 2.78. The van der Waals surface area contributed by atoms with Gasteiger partial charge in [-0.15, -0.1) is 0 Å². The summed E-state index contributed by atoms with van der Waals surface area (Å²) in [5, 5.41) is 9.36. The Hall–Kier alpha value is -1.82. The normalized spacial score (nSPS) is 12.9. The molecule has 118 valence electrons. The standard InChI is InChI=1S/C8H12N5O6P.H3N/c9-7-6-8(11-2-10-7)13(3-12-6)19-1-5(14)18-4-20(15,16)17;/h2-3,5,14H,1,4H2,(H2,9,10,11)(H2,15,16,17);1H3/p+1. The van der Waals surface area contributed by atoms with Crippen molar-refractivity contribution in [2.24, 2.45) is 0 Å². The monoisotopic (exact) mass is 323 g/mol. The van der Waals surface area contributed by atoms with E-state index in [-0.39, 0.29) is 18.6 Å². The fraction of sp³-hybridized carbons (Fsp3) is 0.375. The first kappa shape index (κ1) is 17.2. The largest absolute Gasteiger partial charge is 0.405 e. The Balaban J connectivity index is 0.00000220. The van der Waals surface area contributed by atoms with Crippen LogP contribution in [0.15, 0.2) is 12.7 Å². The second kappa shape index (κ2) is 6.76. The highest BCUT2D eigenvalue weighted by Crippen LogP contribution is 2.34. The third-order valence-electron chi connectivity index (χ3n) is 2.12. The highest BCUT2D eigenvalue weighted by molar-refractivity contribution is 7.51. The van der Waals surface area contributed by atoms with Crippen molar-refractivity contribution in [1.82, 2.24) is 25.8 Å². The highest BCUT2D eigenvalue weighted by atomic mass is 31.2. The number of hydrogen-bond donors (Lipinski definition) is 5. The summed E-state index contributed by atoms with van der Waals surface area (Å²) in [6, 6.07) is 0. The lowest BCUT2D eigenvalue weighted by Crippen LogP contribution is -2.26. The molecule has 0 bridgehead atoms. The number of nitrogens with two attached hydrogens (primary N) is 1. The van der Waals surface area contributed by atoms with Crippen molar-refractivity contribution in [3.8, 4) is 0 Å². The van der Waals surface area contributed by atoms with Crippen LogP contribution in [0.2, 0.25) is 0 Å². The Labute approximate surface area is 118 Å². The number of anilines is 1. The van der Waals surface area contributed by atoms with Crippen LogP contribution in [0.25, 0.3) is 11.2 Å². The molecule has 0 radical (unpaired) electrons. The first-order chi connectivity index (χ1) is 9.37. The van der Waals surface area contributed by atoms with Gasteiger partial charge in [-0.1, -0.05) is 0 Å². The van der Waals surface area contributed by atoms with Gasteiger partial charge in [0.05, 0.1) is 0 Å². The zero-order valence-corrected chi connectivity index (χ0v) is 11.9. The Morgan fingerprint density at radius 1 is 1.38 bits per heavy atom. The molecule has 0 aliphatic heterocycles. The second-order valence-electron chi connectivity index (χ2n) is 3.71. The van der Waals surface area contributed by atoms with E-state index in [1.165, 1.54) is 12.7 Å². The average molecular weight is 323 g/mol. The van der Waals surface area contributed by atoms with Gasteiger partial charge in [-0.05, 0) is 0 Å². The van der Waals surface area contributed by atoms with Gasteiger partial charge in [-0.3, -0.25) is 4.57 Å². The quantitative estimate of drug-likeness (QED) is 0.313. The number of quaternary nitrogens is 1. The van der Waals surface area contributed by atoms with Gasteiger partial charge in [0.15, 0.2) is 30.6 Å². The fourth-order valence-corrected chi connectivity index (χ4v) is 1.67.